The molecule has 0 spiro atoms. The molecule has 0 radical (unpaired) electrons. The molecule has 1 N–H and O–H groups in total. The van der Waals surface area contributed by atoms with E-state index in [2.05, 4.69) is 4.98 Å². The molecule has 1 atom stereocenters. The van der Waals surface area contributed by atoms with Gasteiger partial charge in [-0.15, -0.1) is 0 Å². The van der Waals surface area contributed by atoms with E-state index in [-0.39, 0.29) is 0 Å². The maximum Gasteiger partial charge on any atom is 0.0851 e. The number of halogens is 1. The van der Waals surface area contributed by atoms with Crippen LogP contribution in [0.15, 0.2) is 54.7 Å². The van der Waals surface area contributed by atoms with E-state index in [0.29, 0.717) is 11.4 Å². The molecule has 2 aromatic carbocycles. The Morgan fingerprint density at radius 3 is 2.76 bits per heavy atom. The molecule has 1 aromatic heterocycles. The van der Waals surface area contributed by atoms with Crippen LogP contribution in [-0.4, -0.2) is 10.1 Å². The summed E-state index contributed by atoms with van der Waals surface area (Å²) in [6.07, 6.45) is 1.61. The highest BCUT2D eigenvalue weighted by atomic mass is 35.5. The standard InChI is InChI=1S/C18H16ClNO/c1-12-7-8-14(16(19)10-12)11-17(21)15-6-2-4-13-5-3-9-20-18(13)15/h2-10,17,21H,11H2,1H3. The fourth-order valence-electron chi connectivity index (χ4n) is 2.53. The van der Waals surface area contributed by atoms with Gasteiger partial charge in [0.25, 0.3) is 0 Å². The third-order valence-electron chi connectivity index (χ3n) is 3.64. The molecule has 3 aromatic rings. The maximum absolute atomic E-state index is 10.6. The number of fused-ring (bicyclic) bond motifs is 1. The lowest BCUT2D eigenvalue weighted by Crippen LogP contribution is -2.04. The first-order chi connectivity index (χ1) is 10.1. The summed E-state index contributed by atoms with van der Waals surface area (Å²) in [6.45, 7) is 2.00. The highest BCUT2D eigenvalue weighted by molar-refractivity contribution is 6.31. The lowest BCUT2D eigenvalue weighted by atomic mass is 9.98. The van der Waals surface area contributed by atoms with Crippen LogP contribution < -0.4 is 0 Å². The largest absolute Gasteiger partial charge is 0.388 e. The predicted octanol–water partition coefficient (Wildman–Crippen LogP) is 4.47. The van der Waals surface area contributed by atoms with E-state index < -0.39 is 6.10 Å². The molecule has 3 heteroatoms. The van der Waals surface area contributed by atoms with Crippen molar-refractivity contribution in [2.75, 3.05) is 0 Å². The van der Waals surface area contributed by atoms with Crippen LogP contribution in [0.4, 0.5) is 0 Å². The molecule has 106 valence electrons. The van der Waals surface area contributed by atoms with Crippen molar-refractivity contribution in [3.8, 4) is 0 Å². The molecule has 0 fully saturated rings. The lowest BCUT2D eigenvalue weighted by Gasteiger charge is -2.14. The summed E-state index contributed by atoms with van der Waals surface area (Å²) >= 11 is 6.25. The van der Waals surface area contributed by atoms with Gasteiger partial charge in [-0.2, -0.15) is 0 Å². The van der Waals surface area contributed by atoms with Gasteiger partial charge in [0, 0.05) is 28.6 Å². The van der Waals surface area contributed by atoms with Gasteiger partial charge in [-0.3, -0.25) is 4.98 Å². The molecule has 2 nitrogen and oxygen atoms in total. The fraction of sp³-hybridized carbons (Fsp3) is 0.167. The Bertz CT molecular complexity index is 780. The van der Waals surface area contributed by atoms with Crippen molar-refractivity contribution in [3.63, 3.8) is 0 Å². The van der Waals surface area contributed by atoms with Gasteiger partial charge in [0.15, 0.2) is 0 Å². The van der Waals surface area contributed by atoms with Gasteiger partial charge >= 0.3 is 0 Å². The Morgan fingerprint density at radius 1 is 1.14 bits per heavy atom. The van der Waals surface area contributed by atoms with E-state index >= 15 is 0 Å². The molecule has 0 aliphatic heterocycles. The summed E-state index contributed by atoms with van der Waals surface area (Å²) in [5.74, 6) is 0. The molecule has 0 aliphatic rings. The SMILES string of the molecule is Cc1ccc(CC(O)c2cccc3cccnc23)c(Cl)c1. The number of aromatic nitrogens is 1. The number of aliphatic hydroxyl groups is 1. The second-order valence-electron chi connectivity index (χ2n) is 5.24. The number of hydrogen-bond donors (Lipinski definition) is 1. The lowest BCUT2D eigenvalue weighted by molar-refractivity contribution is 0.180. The van der Waals surface area contributed by atoms with Gasteiger partial charge in [0.05, 0.1) is 11.6 Å². The first-order valence-corrected chi connectivity index (χ1v) is 7.29. The number of hydrogen-bond acceptors (Lipinski definition) is 2. The van der Waals surface area contributed by atoms with E-state index in [0.717, 1.165) is 27.6 Å². The zero-order chi connectivity index (χ0) is 14.8. The number of aryl methyl sites for hydroxylation is 1. The number of rotatable bonds is 3. The molecule has 21 heavy (non-hydrogen) atoms. The second kappa shape index (κ2) is 5.84. The van der Waals surface area contributed by atoms with E-state index in [1.165, 1.54) is 0 Å². The minimum Gasteiger partial charge on any atom is -0.388 e. The summed E-state index contributed by atoms with van der Waals surface area (Å²) in [5, 5.41) is 12.3. The first kappa shape index (κ1) is 14.1. The van der Waals surface area contributed by atoms with Gasteiger partial charge in [-0.1, -0.05) is 48.0 Å². The Morgan fingerprint density at radius 2 is 1.95 bits per heavy atom. The zero-order valence-corrected chi connectivity index (χ0v) is 12.5. The van der Waals surface area contributed by atoms with Crippen molar-refractivity contribution in [2.45, 2.75) is 19.4 Å². The van der Waals surface area contributed by atoms with E-state index in [9.17, 15) is 5.11 Å². The third-order valence-corrected chi connectivity index (χ3v) is 4.00. The number of benzene rings is 2. The van der Waals surface area contributed by atoms with Crippen molar-refractivity contribution < 1.29 is 5.11 Å². The van der Waals surface area contributed by atoms with Gasteiger partial charge in [-0.25, -0.2) is 0 Å². The minimum absolute atomic E-state index is 0.481. The van der Waals surface area contributed by atoms with Crippen molar-refractivity contribution in [1.29, 1.82) is 0 Å². The van der Waals surface area contributed by atoms with E-state index in [4.69, 9.17) is 11.6 Å². The fourth-order valence-corrected chi connectivity index (χ4v) is 2.85. The van der Waals surface area contributed by atoms with Crippen molar-refractivity contribution >= 4 is 22.5 Å². The number of nitrogens with zero attached hydrogens (tertiary/aromatic N) is 1. The molecule has 0 bridgehead atoms. The molecular formula is C18H16ClNO. The van der Waals surface area contributed by atoms with Gasteiger partial charge in [-0.05, 0) is 30.2 Å². The predicted molar refractivity (Wildman–Crippen MR) is 86.6 cm³/mol. The topological polar surface area (TPSA) is 33.1 Å². The summed E-state index contributed by atoms with van der Waals surface area (Å²) in [4.78, 5) is 4.39. The monoisotopic (exact) mass is 297 g/mol. The Hall–Kier alpha value is -1.90. The number of pyridine rings is 1. The highest BCUT2D eigenvalue weighted by Gasteiger charge is 2.14. The zero-order valence-electron chi connectivity index (χ0n) is 11.8. The molecule has 1 heterocycles. The maximum atomic E-state index is 10.6. The van der Waals surface area contributed by atoms with Crippen LogP contribution in [0, 0.1) is 6.92 Å². The number of aliphatic hydroxyl groups excluding tert-OH is 1. The molecule has 1 unspecified atom stereocenters. The molecular weight excluding hydrogens is 282 g/mol. The van der Waals surface area contributed by atoms with Crippen molar-refractivity contribution in [3.05, 3.63) is 76.4 Å². The Balaban J connectivity index is 1.95. The van der Waals surface area contributed by atoms with Crippen LogP contribution in [0.25, 0.3) is 10.9 Å². The van der Waals surface area contributed by atoms with E-state index in [1.54, 1.807) is 6.20 Å². The molecule has 0 saturated heterocycles. The molecule has 3 rings (SSSR count). The summed E-state index contributed by atoms with van der Waals surface area (Å²) < 4.78 is 0. The van der Waals surface area contributed by atoms with E-state index in [1.807, 2.05) is 55.5 Å². The van der Waals surface area contributed by atoms with Crippen LogP contribution in [0.5, 0.6) is 0 Å². The second-order valence-corrected chi connectivity index (χ2v) is 5.64. The quantitative estimate of drug-likeness (QED) is 0.773. The average molecular weight is 298 g/mol. The minimum atomic E-state index is -0.621. The summed E-state index contributed by atoms with van der Waals surface area (Å²) in [6, 6.07) is 15.7. The number of para-hydroxylation sites is 1. The summed E-state index contributed by atoms with van der Waals surface area (Å²) in [7, 11) is 0. The Kier molecular flexibility index (Phi) is 3.91. The van der Waals surface area contributed by atoms with Crippen LogP contribution in [-0.2, 0) is 6.42 Å². The van der Waals surface area contributed by atoms with Crippen LogP contribution in [0.1, 0.15) is 22.8 Å². The van der Waals surface area contributed by atoms with Crippen molar-refractivity contribution in [1.82, 2.24) is 4.98 Å². The van der Waals surface area contributed by atoms with Crippen LogP contribution in [0.2, 0.25) is 5.02 Å². The van der Waals surface area contributed by atoms with Crippen LogP contribution >= 0.6 is 11.6 Å². The highest BCUT2D eigenvalue weighted by Crippen LogP contribution is 2.28. The van der Waals surface area contributed by atoms with Crippen LogP contribution in [0.3, 0.4) is 0 Å². The smallest absolute Gasteiger partial charge is 0.0851 e. The molecule has 0 aliphatic carbocycles. The van der Waals surface area contributed by atoms with Crippen molar-refractivity contribution in [2.24, 2.45) is 0 Å². The Labute approximate surface area is 129 Å². The normalized spacial score (nSPS) is 12.5. The van der Waals surface area contributed by atoms with Gasteiger partial charge in [0.1, 0.15) is 0 Å². The first-order valence-electron chi connectivity index (χ1n) is 6.92. The molecule has 0 saturated carbocycles. The van der Waals surface area contributed by atoms with Gasteiger partial charge < -0.3 is 5.11 Å². The molecule has 0 amide bonds. The van der Waals surface area contributed by atoms with Gasteiger partial charge in [0.2, 0.25) is 0 Å². The summed E-state index contributed by atoms with van der Waals surface area (Å²) in [5.41, 5.74) is 3.74. The third kappa shape index (κ3) is 2.92. The average Bonchev–Trinajstić information content (AvgIpc) is 2.49.